The van der Waals surface area contributed by atoms with Crippen LogP contribution in [0.2, 0.25) is 5.02 Å². The molecule has 2 aliphatic carbocycles. The largest absolute Gasteiger partial charge is 0.300 e. The molecule has 3 atom stereocenters. The molecule has 1 aromatic carbocycles. The molecule has 4 nitrogen and oxygen atoms in total. The van der Waals surface area contributed by atoms with Crippen molar-refractivity contribution in [1.29, 1.82) is 0 Å². The maximum Gasteiger partial charge on any atom is 0.229 e. The lowest BCUT2D eigenvalue weighted by molar-refractivity contribution is -0.120. The summed E-state index contributed by atoms with van der Waals surface area (Å²) in [6, 6.07) is 7.77. The van der Waals surface area contributed by atoms with E-state index in [1.54, 1.807) is 11.8 Å². The molecule has 0 spiro atoms. The van der Waals surface area contributed by atoms with E-state index in [9.17, 15) is 4.79 Å². The van der Waals surface area contributed by atoms with Crippen LogP contribution in [0.1, 0.15) is 18.4 Å². The highest BCUT2D eigenvalue weighted by Gasteiger charge is 2.39. The van der Waals surface area contributed by atoms with Crippen LogP contribution in [-0.2, 0) is 10.5 Å². The molecule has 124 valence electrons. The number of benzene rings is 1. The van der Waals surface area contributed by atoms with Crippen molar-refractivity contribution in [3.8, 4) is 0 Å². The molecular weight excluding hydrogens is 362 g/mol. The summed E-state index contributed by atoms with van der Waals surface area (Å²) >= 11 is 8.92. The van der Waals surface area contributed by atoms with E-state index in [4.69, 9.17) is 11.6 Å². The first kappa shape index (κ1) is 16.1. The predicted octanol–water partition coefficient (Wildman–Crippen LogP) is 4.63. The SMILES string of the molecule is O=C(Nc1nnc(SCc2ccc(Cl)cc2)s1)[C@H]1C[C@@H]2C=C[C@H]1C2. The van der Waals surface area contributed by atoms with Crippen LogP contribution in [-0.4, -0.2) is 16.1 Å². The van der Waals surface area contributed by atoms with Gasteiger partial charge in [0.2, 0.25) is 11.0 Å². The van der Waals surface area contributed by atoms with Gasteiger partial charge in [-0.3, -0.25) is 4.79 Å². The minimum absolute atomic E-state index is 0.0808. The Balaban J connectivity index is 1.32. The van der Waals surface area contributed by atoms with Crippen molar-refractivity contribution in [2.75, 3.05) is 5.32 Å². The fraction of sp³-hybridized carbons (Fsp3) is 0.353. The molecule has 1 N–H and O–H groups in total. The quantitative estimate of drug-likeness (QED) is 0.468. The summed E-state index contributed by atoms with van der Waals surface area (Å²) in [7, 11) is 0. The van der Waals surface area contributed by atoms with E-state index in [2.05, 4.69) is 27.7 Å². The minimum Gasteiger partial charge on any atom is -0.300 e. The minimum atomic E-state index is 0.0808. The second-order valence-electron chi connectivity index (χ2n) is 6.16. The van der Waals surface area contributed by atoms with Crippen molar-refractivity contribution in [2.24, 2.45) is 17.8 Å². The average Bonchev–Trinajstić information content (AvgIpc) is 3.31. The lowest BCUT2D eigenvalue weighted by Gasteiger charge is -2.16. The maximum atomic E-state index is 12.4. The van der Waals surface area contributed by atoms with Gasteiger partial charge >= 0.3 is 0 Å². The van der Waals surface area contributed by atoms with E-state index in [0.29, 0.717) is 17.0 Å². The third kappa shape index (κ3) is 3.50. The van der Waals surface area contributed by atoms with Crippen molar-refractivity contribution in [3.63, 3.8) is 0 Å². The van der Waals surface area contributed by atoms with E-state index >= 15 is 0 Å². The third-order valence-corrected chi connectivity index (χ3v) is 6.82. The lowest BCUT2D eigenvalue weighted by atomic mass is 9.93. The van der Waals surface area contributed by atoms with Gasteiger partial charge in [-0.2, -0.15) is 0 Å². The Kier molecular flexibility index (Phi) is 4.61. The molecule has 24 heavy (non-hydrogen) atoms. The molecule has 1 saturated carbocycles. The molecule has 1 fully saturated rings. The second-order valence-corrected chi connectivity index (χ2v) is 8.80. The fourth-order valence-corrected chi connectivity index (χ4v) is 5.16. The number of amides is 1. The maximum absolute atomic E-state index is 12.4. The van der Waals surface area contributed by atoms with Crippen LogP contribution in [0.25, 0.3) is 0 Å². The number of nitrogens with zero attached hydrogens (tertiary/aromatic N) is 2. The topological polar surface area (TPSA) is 54.9 Å². The molecule has 0 unspecified atom stereocenters. The first-order valence-corrected chi connectivity index (χ1v) is 10.1. The van der Waals surface area contributed by atoms with Gasteiger partial charge in [-0.1, -0.05) is 59.0 Å². The van der Waals surface area contributed by atoms with Gasteiger partial charge in [0.15, 0.2) is 4.34 Å². The number of thioether (sulfide) groups is 1. The Labute approximate surface area is 153 Å². The number of hydrogen-bond acceptors (Lipinski definition) is 5. The standard InChI is InChI=1S/C17H16ClN3OS2/c18-13-5-2-10(3-6-13)9-23-17-21-20-16(24-17)19-15(22)14-8-11-1-4-12(14)7-11/h1-6,11-12,14H,7-9H2,(H,19,20,22)/t11-,12+,14+/m1/s1. The summed E-state index contributed by atoms with van der Waals surface area (Å²) in [5.74, 6) is 1.97. The van der Waals surface area contributed by atoms with Crippen molar-refractivity contribution in [2.45, 2.75) is 22.9 Å². The van der Waals surface area contributed by atoms with Crippen LogP contribution in [0.5, 0.6) is 0 Å². The molecule has 0 aliphatic heterocycles. The summed E-state index contributed by atoms with van der Waals surface area (Å²) < 4.78 is 0.855. The molecule has 2 bridgehead atoms. The summed E-state index contributed by atoms with van der Waals surface area (Å²) in [5.41, 5.74) is 1.18. The zero-order chi connectivity index (χ0) is 16.5. The van der Waals surface area contributed by atoms with Crippen LogP contribution >= 0.6 is 34.7 Å². The number of anilines is 1. The highest BCUT2D eigenvalue weighted by Crippen LogP contribution is 2.44. The Morgan fingerprint density at radius 1 is 1.25 bits per heavy atom. The van der Waals surface area contributed by atoms with Gasteiger partial charge in [-0.15, -0.1) is 10.2 Å². The zero-order valence-corrected chi connectivity index (χ0v) is 15.2. The van der Waals surface area contributed by atoms with E-state index in [-0.39, 0.29) is 11.8 Å². The number of halogens is 1. The van der Waals surface area contributed by atoms with Gasteiger partial charge in [-0.25, -0.2) is 0 Å². The van der Waals surface area contributed by atoms with Crippen molar-refractivity contribution in [1.82, 2.24) is 10.2 Å². The van der Waals surface area contributed by atoms with Crippen LogP contribution in [0.4, 0.5) is 5.13 Å². The van der Waals surface area contributed by atoms with E-state index in [1.165, 1.54) is 16.9 Å². The Morgan fingerprint density at radius 3 is 2.79 bits per heavy atom. The Morgan fingerprint density at radius 2 is 2.08 bits per heavy atom. The normalized spacial score (nSPS) is 24.5. The van der Waals surface area contributed by atoms with Gasteiger partial charge in [0.05, 0.1) is 0 Å². The smallest absolute Gasteiger partial charge is 0.229 e. The second kappa shape index (κ2) is 6.86. The lowest BCUT2D eigenvalue weighted by Crippen LogP contribution is -2.25. The number of allylic oxidation sites excluding steroid dienone is 2. The molecule has 1 amide bonds. The predicted molar refractivity (Wildman–Crippen MR) is 98.4 cm³/mol. The number of rotatable bonds is 5. The fourth-order valence-electron chi connectivity index (χ4n) is 3.32. The van der Waals surface area contributed by atoms with Gasteiger partial charge in [0.1, 0.15) is 0 Å². The summed E-state index contributed by atoms with van der Waals surface area (Å²) in [4.78, 5) is 12.4. The number of carbonyl (C=O) groups excluding carboxylic acids is 1. The van der Waals surface area contributed by atoms with Gasteiger partial charge in [-0.05, 0) is 42.4 Å². The molecule has 0 saturated heterocycles. The zero-order valence-electron chi connectivity index (χ0n) is 12.8. The number of hydrogen-bond donors (Lipinski definition) is 1. The van der Waals surface area contributed by atoms with Crippen LogP contribution < -0.4 is 5.32 Å². The van der Waals surface area contributed by atoms with Gasteiger partial charge < -0.3 is 5.32 Å². The summed E-state index contributed by atoms with van der Waals surface area (Å²) in [6.45, 7) is 0. The number of nitrogens with one attached hydrogen (secondary N) is 1. The van der Waals surface area contributed by atoms with Crippen LogP contribution in [0.15, 0.2) is 40.8 Å². The molecule has 1 heterocycles. The molecule has 2 aromatic rings. The Hall–Kier alpha value is -1.37. The summed E-state index contributed by atoms with van der Waals surface area (Å²) in [6.07, 6.45) is 6.51. The molecular formula is C17H16ClN3OS2. The molecule has 4 rings (SSSR count). The first-order chi connectivity index (χ1) is 11.7. The number of fused-ring (bicyclic) bond motifs is 2. The monoisotopic (exact) mass is 377 g/mol. The van der Waals surface area contributed by atoms with Gasteiger partial charge in [0, 0.05) is 16.7 Å². The first-order valence-electron chi connectivity index (χ1n) is 7.87. The number of carbonyl (C=O) groups is 1. The number of aromatic nitrogens is 2. The van der Waals surface area contributed by atoms with E-state index in [1.807, 2.05) is 24.3 Å². The highest BCUT2D eigenvalue weighted by atomic mass is 35.5. The van der Waals surface area contributed by atoms with Crippen molar-refractivity contribution < 1.29 is 4.79 Å². The third-order valence-electron chi connectivity index (χ3n) is 4.53. The summed E-state index contributed by atoms with van der Waals surface area (Å²) in [5, 5.41) is 12.5. The van der Waals surface area contributed by atoms with Crippen LogP contribution in [0.3, 0.4) is 0 Å². The molecule has 1 aromatic heterocycles. The van der Waals surface area contributed by atoms with Crippen molar-refractivity contribution in [3.05, 3.63) is 47.0 Å². The average molecular weight is 378 g/mol. The molecule has 0 radical (unpaired) electrons. The van der Waals surface area contributed by atoms with Crippen LogP contribution in [0, 0.1) is 17.8 Å². The van der Waals surface area contributed by atoms with Crippen molar-refractivity contribution >= 4 is 45.7 Å². The molecule has 7 heteroatoms. The highest BCUT2D eigenvalue weighted by molar-refractivity contribution is 8.00. The Bertz CT molecular complexity index is 774. The van der Waals surface area contributed by atoms with E-state index in [0.717, 1.165) is 28.0 Å². The van der Waals surface area contributed by atoms with E-state index < -0.39 is 0 Å². The molecule has 2 aliphatic rings. The van der Waals surface area contributed by atoms with Gasteiger partial charge in [0.25, 0.3) is 0 Å².